The number of hydrogen-bond donors (Lipinski definition) is 0. The molecule has 58 heavy (non-hydrogen) atoms. The summed E-state index contributed by atoms with van der Waals surface area (Å²) in [6.07, 6.45) is 0. The van der Waals surface area contributed by atoms with Gasteiger partial charge in [0, 0.05) is 27.9 Å². The van der Waals surface area contributed by atoms with Gasteiger partial charge in [0.1, 0.15) is 0 Å². The van der Waals surface area contributed by atoms with Crippen molar-refractivity contribution in [1.82, 2.24) is 0 Å². The summed E-state index contributed by atoms with van der Waals surface area (Å²) in [4.78, 5) is 2.47. The minimum atomic E-state index is -0.250. The third kappa shape index (κ3) is 4.65. The number of anilines is 3. The number of aryl methyl sites for hydroxylation is 1. The van der Waals surface area contributed by atoms with Crippen molar-refractivity contribution in [1.29, 1.82) is 0 Å². The fourth-order valence-corrected chi connectivity index (χ4v) is 11.0. The minimum absolute atomic E-state index is 0.112. The molecule has 9 aromatic carbocycles. The second-order valence-corrected chi connectivity index (χ2v) is 18.6. The molecule has 11 rings (SSSR count). The molecule has 0 amide bonds. The Bertz CT molecular complexity index is 3240. The zero-order valence-electron chi connectivity index (χ0n) is 34.9. The van der Waals surface area contributed by atoms with E-state index in [0.717, 1.165) is 22.6 Å². The van der Waals surface area contributed by atoms with Crippen LogP contribution in [-0.2, 0) is 10.8 Å². The van der Waals surface area contributed by atoms with Gasteiger partial charge in [0.15, 0.2) is 0 Å². The molecule has 0 spiro atoms. The first-order chi connectivity index (χ1) is 27.8. The second-order valence-electron chi connectivity index (χ2n) is 18.6. The third-order valence-electron chi connectivity index (χ3n) is 13.9. The molecule has 0 atom stereocenters. The topological polar surface area (TPSA) is 3.24 Å². The molecule has 0 aromatic heterocycles. The molecular formula is C57H49N. The lowest BCUT2D eigenvalue weighted by molar-refractivity contribution is 0.665. The van der Waals surface area contributed by atoms with Gasteiger partial charge in [0.05, 0.1) is 0 Å². The van der Waals surface area contributed by atoms with Gasteiger partial charge in [0.25, 0.3) is 0 Å². The van der Waals surface area contributed by atoms with E-state index < -0.39 is 0 Å². The molecular weight excluding hydrogens is 699 g/mol. The predicted molar refractivity (Wildman–Crippen MR) is 251 cm³/mol. The highest BCUT2D eigenvalue weighted by Crippen LogP contribution is 2.61. The second kappa shape index (κ2) is 11.9. The SMILES string of the molecule is C=C(C)c1cc(C(C)C)cc(N(c2ccc3c(c2)C(C)(C)c2c-3c3cccc4c5c(c6cccc2c6c34)-c2ccc(C)cc2C5(C)C)c2ccc3ccccc3c2)c1. The Morgan fingerprint density at radius 1 is 0.534 bits per heavy atom. The van der Waals surface area contributed by atoms with E-state index in [9.17, 15) is 0 Å². The van der Waals surface area contributed by atoms with Crippen molar-refractivity contribution in [2.45, 2.75) is 72.1 Å². The number of nitrogens with zero attached hydrogens (tertiary/aromatic N) is 1. The molecule has 0 fully saturated rings. The normalized spacial score (nSPS) is 14.7. The van der Waals surface area contributed by atoms with Gasteiger partial charge in [-0.1, -0.05) is 156 Å². The number of allylic oxidation sites excluding steroid dienone is 1. The van der Waals surface area contributed by atoms with Gasteiger partial charge >= 0.3 is 0 Å². The predicted octanol–water partition coefficient (Wildman–Crippen LogP) is 16.3. The van der Waals surface area contributed by atoms with E-state index in [2.05, 4.69) is 200 Å². The molecule has 0 unspecified atom stereocenters. The molecule has 0 N–H and O–H groups in total. The molecule has 2 aliphatic carbocycles. The van der Waals surface area contributed by atoms with Crippen molar-refractivity contribution in [2.24, 2.45) is 0 Å². The number of rotatable bonds is 5. The maximum atomic E-state index is 4.39. The summed E-state index contributed by atoms with van der Waals surface area (Å²) >= 11 is 0. The van der Waals surface area contributed by atoms with Crippen LogP contribution in [-0.4, -0.2) is 0 Å². The zero-order chi connectivity index (χ0) is 40.0. The maximum Gasteiger partial charge on any atom is 0.0470 e. The molecule has 0 radical (unpaired) electrons. The maximum absolute atomic E-state index is 4.39. The highest BCUT2D eigenvalue weighted by atomic mass is 15.1. The van der Waals surface area contributed by atoms with Crippen molar-refractivity contribution in [3.8, 4) is 22.3 Å². The summed E-state index contributed by atoms with van der Waals surface area (Å²) in [6.45, 7) is 23.1. The van der Waals surface area contributed by atoms with Crippen molar-refractivity contribution < 1.29 is 0 Å². The number of benzene rings is 9. The van der Waals surface area contributed by atoms with Crippen LogP contribution in [0.1, 0.15) is 93.3 Å². The fourth-order valence-electron chi connectivity index (χ4n) is 11.0. The van der Waals surface area contributed by atoms with Crippen LogP contribution in [0.3, 0.4) is 0 Å². The standard InChI is InChI=1S/C57H49N/c1-32(2)37-27-38(33(3)4)30-41(29-37)58(39-22-21-35-14-10-11-15-36(35)28-39)40-23-25-43-49(31-40)57(8,9)55-47-19-12-16-44-50(47)51-45(53(43)55)17-13-18-46(51)54-52(44)42-24-20-34(5)26-48(42)56(54,6)7/h10-31,33H,1H2,2-9H3. The Morgan fingerprint density at radius 3 is 1.71 bits per heavy atom. The molecule has 9 aromatic rings. The summed E-state index contributed by atoms with van der Waals surface area (Å²) in [5, 5.41) is 10.8. The first-order valence-corrected chi connectivity index (χ1v) is 21.0. The first kappa shape index (κ1) is 35.0. The van der Waals surface area contributed by atoms with Crippen LogP contribution in [0.25, 0.3) is 70.9 Å². The quantitative estimate of drug-likeness (QED) is 0.159. The van der Waals surface area contributed by atoms with Crippen LogP contribution in [0.2, 0.25) is 0 Å². The largest absolute Gasteiger partial charge is 0.310 e. The van der Waals surface area contributed by atoms with Crippen LogP contribution in [0.5, 0.6) is 0 Å². The average Bonchev–Trinajstić information content (AvgIpc) is 3.60. The average molecular weight is 748 g/mol. The van der Waals surface area contributed by atoms with E-state index in [4.69, 9.17) is 0 Å². The molecule has 282 valence electrons. The van der Waals surface area contributed by atoms with Gasteiger partial charge in [-0.25, -0.2) is 0 Å². The van der Waals surface area contributed by atoms with Gasteiger partial charge in [-0.05, 0) is 155 Å². The lowest BCUT2D eigenvalue weighted by atomic mass is 9.75. The van der Waals surface area contributed by atoms with Crippen LogP contribution in [0, 0.1) is 6.92 Å². The lowest BCUT2D eigenvalue weighted by Crippen LogP contribution is -2.18. The van der Waals surface area contributed by atoms with Crippen LogP contribution < -0.4 is 4.90 Å². The molecule has 0 heterocycles. The van der Waals surface area contributed by atoms with Crippen molar-refractivity contribution in [2.75, 3.05) is 4.90 Å². The summed E-state index contributed by atoms with van der Waals surface area (Å²) in [5.74, 6) is 0.378. The lowest BCUT2D eigenvalue weighted by Gasteiger charge is -2.30. The van der Waals surface area contributed by atoms with Crippen molar-refractivity contribution in [3.05, 3.63) is 179 Å². The fraction of sp³-hybridized carbons (Fsp3) is 0.193. The van der Waals surface area contributed by atoms with E-state index in [-0.39, 0.29) is 10.8 Å². The Hall–Kier alpha value is -6.18. The molecule has 0 saturated heterocycles. The van der Waals surface area contributed by atoms with E-state index in [1.807, 2.05) is 0 Å². The van der Waals surface area contributed by atoms with Crippen LogP contribution in [0.15, 0.2) is 140 Å². The van der Waals surface area contributed by atoms with Gasteiger partial charge < -0.3 is 4.90 Å². The first-order valence-electron chi connectivity index (χ1n) is 21.0. The van der Waals surface area contributed by atoms with Gasteiger partial charge in [0.2, 0.25) is 0 Å². The minimum Gasteiger partial charge on any atom is -0.310 e. The summed E-state index contributed by atoms with van der Waals surface area (Å²) in [5.41, 5.74) is 19.3. The molecule has 1 nitrogen and oxygen atoms in total. The monoisotopic (exact) mass is 747 g/mol. The van der Waals surface area contributed by atoms with E-state index >= 15 is 0 Å². The van der Waals surface area contributed by atoms with E-state index in [0.29, 0.717) is 5.92 Å². The van der Waals surface area contributed by atoms with E-state index in [1.54, 1.807) is 0 Å². The highest BCUT2D eigenvalue weighted by Gasteiger charge is 2.43. The van der Waals surface area contributed by atoms with Crippen LogP contribution >= 0.6 is 0 Å². The van der Waals surface area contributed by atoms with Crippen molar-refractivity contribution >= 4 is 65.7 Å². The zero-order valence-corrected chi connectivity index (χ0v) is 34.9. The van der Waals surface area contributed by atoms with Gasteiger partial charge in [-0.3, -0.25) is 0 Å². The Kier molecular flexibility index (Phi) is 7.20. The Balaban J connectivity index is 1.19. The number of hydrogen-bond acceptors (Lipinski definition) is 1. The van der Waals surface area contributed by atoms with Gasteiger partial charge in [-0.2, -0.15) is 0 Å². The van der Waals surface area contributed by atoms with E-state index in [1.165, 1.54) is 104 Å². The molecule has 0 bridgehead atoms. The molecule has 0 saturated carbocycles. The summed E-state index contributed by atoms with van der Waals surface area (Å²) < 4.78 is 0. The Morgan fingerprint density at radius 2 is 1.09 bits per heavy atom. The molecule has 2 aliphatic rings. The van der Waals surface area contributed by atoms with Crippen LogP contribution in [0.4, 0.5) is 17.1 Å². The smallest absolute Gasteiger partial charge is 0.0470 e. The third-order valence-corrected chi connectivity index (χ3v) is 13.9. The Labute approximate surface area is 342 Å². The summed E-state index contributed by atoms with van der Waals surface area (Å²) in [7, 11) is 0. The number of fused-ring (bicyclic) bond motifs is 11. The summed E-state index contributed by atoms with van der Waals surface area (Å²) in [6, 6.07) is 51.2. The van der Waals surface area contributed by atoms with Crippen molar-refractivity contribution in [3.63, 3.8) is 0 Å². The molecule has 1 heteroatoms. The van der Waals surface area contributed by atoms with Gasteiger partial charge in [-0.15, -0.1) is 0 Å². The highest BCUT2D eigenvalue weighted by molar-refractivity contribution is 6.33. The molecule has 0 aliphatic heterocycles.